The minimum absolute atomic E-state index is 0.0407. The van der Waals surface area contributed by atoms with Gasteiger partial charge in [0.05, 0.1) is 52.8 Å². The predicted molar refractivity (Wildman–Crippen MR) is 250 cm³/mol. The van der Waals surface area contributed by atoms with Crippen LogP contribution in [0.1, 0.15) is 57.9 Å². The molecule has 1 saturated heterocycles. The number of aliphatic imine (C=N–C) groups is 1. The van der Waals surface area contributed by atoms with Crippen molar-refractivity contribution in [3.63, 3.8) is 0 Å². The van der Waals surface area contributed by atoms with Gasteiger partial charge in [-0.2, -0.15) is 0 Å². The Bertz CT molecular complexity index is 2480. The van der Waals surface area contributed by atoms with Gasteiger partial charge in [0.2, 0.25) is 23.6 Å². The minimum atomic E-state index is -1.32. The maximum atomic E-state index is 14.8. The van der Waals surface area contributed by atoms with E-state index in [9.17, 15) is 24.0 Å². The smallest absolute Gasteiger partial charge is 0.256 e. The van der Waals surface area contributed by atoms with Gasteiger partial charge < -0.3 is 33.9 Å². The van der Waals surface area contributed by atoms with Crippen molar-refractivity contribution in [2.24, 2.45) is 16.8 Å². The zero-order valence-electron chi connectivity index (χ0n) is 38.0. The Balaban J connectivity index is 0.707. The Hall–Kier alpha value is -6.32. The zero-order chi connectivity index (χ0) is 46.8. The Labute approximate surface area is 391 Å². The molecule has 8 rings (SSSR count). The van der Waals surface area contributed by atoms with E-state index < -0.39 is 11.6 Å². The normalized spacial score (nSPS) is 21.0. The van der Waals surface area contributed by atoms with E-state index in [1.807, 2.05) is 103 Å². The summed E-state index contributed by atoms with van der Waals surface area (Å²) >= 11 is 0. The Morgan fingerprint density at radius 3 is 2.22 bits per heavy atom. The molecule has 1 fully saturated rings. The van der Waals surface area contributed by atoms with E-state index in [0.717, 1.165) is 44.5 Å². The summed E-state index contributed by atoms with van der Waals surface area (Å²) in [6.07, 6.45) is 1.33. The van der Waals surface area contributed by atoms with Crippen LogP contribution in [0.3, 0.4) is 0 Å². The van der Waals surface area contributed by atoms with Gasteiger partial charge in [0.1, 0.15) is 6.61 Å². The Morgan fingerprint density at radius 1 is 0.806 bits per heavy atom. The quantitative estimate of drug-likeness (QED) is 0.0830. The second kappa shape index (κ2) is 22.0. The van der Waals surface area contributed by atoms with Gasteiger partial charge in [-0.25, -0.2) is 4.99 Å². The molecule has 0 spiro atoms. The number of hydrogen-bond donors (Lipinski definition) is 1. The molecular formula is C53H58N4O10. The molecular weight excluding hydrogens is 853 g/mol. The van der Waals surface area contributed by atoms with E-state index in [1.54, 1.807) is 11.9 Å². The molecule has 3 heterocycles. The number of likely N-dealkylation sites (tertiary alicyclic amines) is 1. The lowest BCUT2D eigenvalue weighted by molar-refractivity contribution is -0.150. The molecule has 0 saturated carbocycles. The predicted octanol–water partition coefficient (Wildman–Crippen LogP) is 5.10. The molecule has 4 atom stereocenters. The number of piperidine rings is 1. The number of allylic oxidation sites excluding steroid dienone is 1. The number of carbonyl (C=O) groups excluding carboxylic acids is 5. The lowest BCUT2D eigenvalue weighted by atomic mass is 9.81. The highest BCUT2D eigenvalue weighted by Crippen LogP contribution is 2.47. The molecule has 0 aromatic heterocycles. The third-order valence-electron chi connectivity index (χ3n) is 13.0. The first-order chi connectivity index (χ1) is 32.6. The van der Waals surface area contributed by atoms with E-state index in [0.29, 0.717) is 64.6 Å². The van der Waals surface area contributed by atoms with Crippen molar-refractivity contribution in [3.8, 4) is 0 Å². The first-order valence-corrected chi connectivity index (χ1v) is 23.1. The Kier molecular flexibility index (Phi) is 15.5. The molecule has 0 radical (unpaired) electrons. The molecule has 1 aliphatic carbocycles. The third-order valence-corrected chi connectivity index (χ3v) is 13.0. The molecule has 67 heavy (non-hydrogen) atoms. The molecule has 14 nitrogen and oxygen atoms in total. The monoisotopic (exact) mass is 910 g/mol. The van der Waals surface area contributed by atoms with Crippen LogP contribution in [0, 0.1) is 11.8 Å². The maximum Gasteiger partial charge on any atom is 0.256 e. The highest BCUT2D eigenvalue weighted by atomic mass is 16.6. The van der Waals surface area contributed by atoms with Crippen LogP contribution in [-0.2, 0) is 73.5 Å². The number of imide groups is 1. The van der Waals surface area contributed by atoms with Gasteiger partial charge in [-0.05, 0) is 64.3 Å². The van der Waals surface area contributed by atoms with Crippen molar-refractivity contribution in [3.05, 3.63) is 149 Å². The van der Waals surface area contributed by atoms with Gasteiger partial charge >= 0.3 is 0 Å². The van der Waals surface area contributed by atoms with Crippen molar-refractivity contribution in [1.29, 1.82) is 0 Å². The van der Waals surface area contributed by atoms with E-state index in [2.05, 4.69) is 11.9 Å². The number of hydrogen-bond acceptors (Lipinski definition) is 11. The van der Waals surface area contributed by atoms with E-state index in [-0.39, 0.29) is 87.1 Å². The summed E-state index contributed by atoms with van der Waals surface area (Å²) < 4.78 is 29.1. The fraction of sp³-hybridized carbons (Fsp3) is 0.396. The zero-order valence-corrected chi connectivity index (χ0v) is 38.0. The van der Waals surface area contributed by atoms with Gasteiger partial charge in [0.25, 0.3) is 5.91 Å². The summed E-state index contributed by atoms with van der Waals surface area (Å²) in [5, 5.41) is 2.89. The van der Waals surface area contributed by atoms with Crippen LogP contribution in [0.25, 0.3) is 5.57 Å². The van der Waals surface area contributed by atoms with Crippen molar-refractivity contribution < 1.29 is 47.7 Å². The van der Waals surface area contributed by atoms with Gasteiger partial charge in [-0.15, -0.1) is 0 Å². The average Bonchev–Trinajstić information content (AvgIpc) is 3.87. The SMILES string of the molecule is C=C1c2cccc(CC(=O)COCCOCCOCCOCCNC(=O)CN3Cc4ccccc4[C@@H]4OC(c5ccccc5)=N[C@]4(Cc4ccccc4)C3=O)c2CC1C1CCC(=O)N(C)C1=O. The van der Waals surface area contributed by atoms with Crippen molar-refractivity contribution in [1.82, 2.24) is 15.1 Å². The van der Waals surface area contributed by atoms with Crippen LogP contribution in [0.2, 0.25) is 0 Å². The van der Waals surface area contributed by atoms with Gasteiger partial charge in [-0.3, -0.25) is 28.9 Å². The van der Waals surface area contributed by atoms with Crippen LogP contribution >= 0.6 is 0 Å². The standard InChI is InChI=1S/C53H58N4O10/c1-36-42-19-11-17-39(46(42)31-45(36)44-20-21-48(60)56(2)51(44)61)30-41(58)35-66-29-28-65-27-26-64-25-24-63-23-22-54-47(59)34-57-33-40-16-9-10-18-43(40)49-53(52(57)62,32-37-12-5-3-6-13-37)55-50(67-49)38-14-7-4-8-15-38/h3-19,44-45,49H,1,20-35H2,2H3,(H,54,59)/t44?,45?,49-,53-/m0/s1. The van der Waals surface area contributed by atoms with Crippen LogP contribution < -0.4 is 5.32 Å². The molecule has 3 aliphatic heterocycles. The number of ketones is 1. The van der Waals surface area contributed by atoms with E-state index in [1.165, 1.54) is 4.90 Å². The number of carbonyl (C=O) groups is 5. The van der Waals surface area contributed by atoms with Crippen LogP contribution in [-0.4, -0.2) is 124 Å². The molecule has 14 heteroatoms. The molecule has 4 amide bonds. The third kappa shape index (κ3) is 10.9. The number of benzene rings is 4. The minimum Gasteiger partial charge on any atom is -0.466 e. The number of nitrogens with zero attached hydrogens (tertiary/aromatic N) is 3. The lowest BCUT2D eigenvalue weighted by Crippen LogP contribution is -2.52. The highest BCUT2D eigenvalue weighted by molar-refractivity contribution is 6.02. The fourth-order valence-electron chi connectivity index (χ4n) is 9.58. The largest absolute Gasteiger partial charge is 0.466 e. The number of Topliss-reactive ketones (excluding diaryl/α,β-unsaturated/α-hetero) is 1. The number of nitrogens with one attached hydrogen (secondary N) is 1. The lowest BCUT2D eigenvalue weighted by Gasteiger charge is -2.32. The van der Waals surface area contributed by atoms with E-state index in [4.69, 9.17) is 28.7 Å². The van der Waals surface area contributed by atoms with Gasteiger partial charge in [0.15, 0.2) is 17.4 Å². The molecule has 350 valence electrons. The van der Waals surface area contributed by atoms with Gasteiger partial charge in [0, 0.05) is 56.4 Å². The summed E-state index contributed by atoms with van der Waals surface area (Å²) in [7, 11) is 1.54. The number of amides is 4. The first kappa shape index (κ1) is 47.2. The number of fused-ring (bicyclic) bond motifs is 4. The molecule has 4 aliphatic rings. The average molecular weight is 911 g/mol. The first-order valence-electron chi connectivity index (χ1n) is 23.1. The second-order valence-corrected chi connectivity index (χ2v) is 17.4. The van der Waals surface area contributed by atoms with Crippen molar-refractivity contribution in [2.45, 2.75) is 50.3 Å². The second-order valence-electron chi connectivity index (χ2n) is 17.4. The number of ether oxygens (including phenoxy) is 5. The summed E-state index contributed by atoms with van der Waals surface area (Å²) in [5.41, 5.74) is 6.01. The van der Waals surface area contributed by atoms with Crippen LogP contribution in [0.5, 0.6) is 0 Å². The highest BCUT2D eigenvalue weighted by Gasteiger charge is 2.57. The topological polar surface area (TPSA) is 162 Å². The van der Waals surface area contributed by atoms with Gasteiger partial charge in [-0.1, -0.05) is 97.6 Å². The molecule has 4 aromatic rings. The Morgan fingerprint density at radius 2 is 1.48 bits per heavy atom. The van der Waals surface area contributed by atoms with Crippen LogP contribution in [0.4, 0.5) is 0 Å². The summed E-state index contributed by atoms with van der Waals surface area (Å²) in [6.45, 7) is 6.80. The molecule has 2 unspecified atom stereocenters. The summed E-state index contributed by atoms with van der Waals surface area (Å²) in [5.74, 6) is -0.919. The fourth-order valence-corrected chi connectivity index (χ4v) is 9.58. The molecule has 4 aromatic carbocycles. The van der Waals surface area contributed by atoms with Crippen molar-refractivity contribution in [2.75, 3.05) is 73.0 Å². The molecule has 1 N–H and O–H groups in total. The number of rotatable bonds is 22. The summed E-state index contributed by atoms with van der Waals surface area (Å²) in [6, 6.07) is 33.0. The summed E-state index contributed by atoms with van der Waals surface area (Å²) in [4.78, 5) is 73.8. The van der Waals surface area contributed by atoms with Crippen molar-refractivity contribution >= 4 is 40.9 Å². The van der Waals surface area contributed by atoms with Crippen LogP contribution in [0.15, 0.2) is 115 Å². The maximum absolute atomic E-state index is 14.8. The van der Waals surface area contributed by atoms with E-state index >= 15 is 0 Å². The molecule has 0 bridgehead atoms.